The van der Waals surface area contributed by atoms with Crippen LogP contribution in [0.2, 0.25) is 0 Å². The lowest BCUT2D eigenvalue weighted by Crippen LogP contribution is -2.45. The van der Waals surface area contributed by atoms with Crippen molar-refractivity contribution in [2.75, 3.05) is 13.7 Å². The first-order chi connectivity index (χ1) is 11.9. The van der Waals surface area contributed by atoms with Gasteiger partial charge in [-0.05, 0) is 64.0 Å². The predicted molar refractivity (Wildman–Crippen MR) is 99.8 cm³/mol. The summed E-state index contributed by atoms with van der Waals surface area (Å²) in [6.07, 6.45) is 4.00. The molecule has 0 aliphatic heterocycles. The number of benzene rings is 1. The van der Waals surface area contributed by atoms with Crippen LogP contribution in [0.5, 0.6) is 5.75 Å². The third-order valence-electron chi connectivity index (χ3n) is 4.96. The largest absolute Gasteiger partial charge is 0.491 e. The van der Waals surface area contributed by atoms with E-state index >= 15 is 0 Å². The number of carbonyl (C=O) groups excluding carboxylic acids is 1. The molecular weight excluding hydrogens is 316 g/mol. The maximum absolute atomic E-state index is 12.5. The fraction of sp³-hybridized carbons (Fsp3) is 0.650. The zero-order valence-electron chi connectivity index (χ0n) is 15.9. The van der Waals surface area contributed by atoms with Crippen LogP contribution in [-0.4, -0.2) is 41.8 Å². The molecule has 1 aromatic carbocycles. The van der Waals surface area contributed by atoms with Gasteiger partial charge in [0, 0.05) is 31.8 Å². The first-order valence-corrected chi connectivity index (χ1v) is 9.28. The molecule has 0 radical (unpaired) electrons. The Balaban J connectivity index is 1.91. The third-order valence-corrected chi connectivity index (χ3v) is 4.96. The topological polar surface area (TPSA) is 61.8 Å². The smallest absolute Gasteiger partial charge is 0.317 e. The summed E-state index contributed by atoms with van der Waals surface area (Å²) in [5, 5.41) is 12.3. The van der Waals surface area contributed by atoms with Gasteiger partial charge in [-0.25, -0.2) is 4.79 Å². The lowest BCUT2D eigenvalue weighted by Gasteiger charge is -2.34. The van der Waals surface area contributed by atoms with E-state index in [1.165, 1.54) is 0 Å². The Labute approximate surface area is 151 Å². The van der Waals surface area contributed by atoms with E-state index in [2.05, 4.69) is 5.32 Å². The Morgan fingerprint density at radius 2 is 2.00 bits per heavy atom. The van der Waals surface area contributed by atoms with Gasteiger partial charge < -0.3 is 20.1 Å². The fourth-order valence-corrected chi connectivity index (χ4v) is 3.35. The van der Waals surface area contributed by atoms with Gasteiger partial charge in [-0.3, -0.25) is 0 Å². The first kappa shape index (κ1) is 19.6. The maximum atomic E-state index is 12.5. The van der Waals surface area contributed by atoms with Gasteiger partial charge in [0.25, 0.3) is 0 Å². The second-order valence-electron chi connectivity index (χ2n) is 7.40. The van der Waals surface area contributed by atoms with Crippen LogP contribution >= 0.6 is 0 Å². The normalized spacial score (nSPS) is 20.4. The SMILES string of the molecule is Cc1ccc(CNC(=O)N(C)C2CCC(CO)CC2)c(OC(C)C)c1. The quantitative estimate of drug-likeness (QED) is 0.827. The molecule has 0 atom stereocenters. The van der Waals surface area contributed by atoms with Crippen LogP contribution in [0.25, 0.3) is 0 Å². The first-order valence-electron chi connectivity index (χ1n) is 9.28. The highest BCUT2D eigenvalue weighted by molar-refractivity contribution is 5.74. The number of aliphatic hydroxyl groups is 1. The minimum atomic E-state index is -0.0523. The zero-order valence-corrected chi connectivity index (χ0v) is 15.9. The van der Waals surface area contributed by atoms with Gasteiger partial charge in [0.1, 0.15) is 5.75 Å². The van der Waals surface area contributed by atoms with Crippen LogP contribution in [-0.2, 0) is 6.54 Å². The molecule has 0 unspecified atom stereocenters. The summed E-state index contributed by atoms with van der Waals surface area (Å²) in [4.78, 5) is 14.3. The highest BCUT2D eigenvalue weighted by atomic mass is 16.5. The van der Waals surface area contributed by atoms with Gasteiger partial charge in [0.2, 0.25) is 0 Å². The van der Waals surface area contributed by atoms with Gasteiger partial charge in [0.05, 0.1) is 6.10 Å². The molecule has 2 N–H and O–H groups in total. The summed E-state index contributed by atoms with van der Waals surface area (Å²) < 4.78 is 5.87. The van der Waals surface area contributed by atoms with E-state index < -0.39 is 0 Å². The summed E-state index contributed by atoms with van der Waals surface area (Å²) in [5.41, 5.74) is 2.13. The molecule has 1 fully saturated rings. The van der Waals surface area contributed by atoms with Crippen molar-refractivity contribution < 1.29 is 14.6 Å². The van der Waals surface area contributed by atoms with Crippen molar-refractivity contribution in [2.24, 2.45) is 5.92 Å². The van der Waals surface area contributed by atoms with Crippen molar-refractivity contribution in [1.82, 2.24) is 10.2 Å². The number of rotatable bonds is 6. The Bertz CT molecular complexity index is 566. The standard InChI is InChI=1S/C20H32N2O3/c1-14(2)25-19-11-15(3)5-8-17(19)12-21-20(24)22(4)18-9-6-16(13-23)7-10-18/h5,8,11,14,16,18,23H,6-7,9-10,12-13H2,1-4H3,(H,21,24). The molecule has 1 saturated carbocycles. The monoisotopic (exact) mass is 348 g/mol. The summed E-state index contributed by atoms with van der Waals surface area (Å²) in [6, 6.07) is 6.27. The van der Waals surface area contributed by atoms with E-state index in [0.717, 1.165) is 42.6 Å². The maximum Gasteiger partial charge on any atom is 0.317 e. The molecule has 1 aliphatic rings. The number of carbonyl (C=O) groups is 1. The molecule has 1 aliphatic carbocycles. The molecule has 140 valence electrons. The molecule has 0 aromatic heterocycles. The second kappa shape index (κ2) is 9.09. The van der Waals surface area contributed by atoms with Crippen molar-refractivity contribution in [3.63, 3.8) is 0 Å². The fourth-order valence-electron chi connectivity index (χ4n) is 3.35. The highest BCUT2D eigenvalue weighted by Gasteiger charge is 2.26. The van der Waals surface area contributed by atoms with E-state index in [4.69, 9.17) is 4.74 Å². The van der Waals surface area contributed by atoms with E-state index in [0.29, 0.717) is 12.5 Å². The van der Waals surface area contributed by atoms with Crippen LogP contribution in [0, 0.1) is 12.8 Å². The number of urea groups is 1. The average molecular weight is 348 g/mol. The Morgan fingerprint density at radius 1 is 1.32 bits per heavy atom. The van der Waals surface area contributed by atoms with Gasteiger partial charge in [-0.2, -0.15) is 0 Å². The lowest BCUT2D eigenvalue weighted by molar-refractivity contribution is 0.134. The molecule has 2 amide bonds. The molecule has 0 heterocycles. The minimum absolute atomic E-state index is 0.0523. The third kappa shape index (κ3) is 5.63. The lowest BCUT2D eigenvalue weighted by atomic mass is 9.86. The van der Waals surface area contributed by atoms with Crippen LogP contribution < -0.4 is 10.1 Å². The van der Waals surface area contributed by atoms with Crippen molar-refractivity contribution in [1.29, 1.82) is 0 Å². The van der Waals surface area contributed by atoms with Crippen molar-refractivity contribution in [3.8, 4) is 5.75 Å². The van der Waals surface area contributed by atoms with Gasteiger partial charge >= 0.3 is 6.03 Å². The number of amides is 2. The van der Waals surface area contributed by atoms with Gasteiger partial charge in [-0.1, -0.05) is 12.1 Å². The number of aryl methyl sites for hydroxylation is 1. The minimum Gasteiger partial charge on any atom is -0.491 e. The second-order valence-corrected chi connectivity index (χ2v) is 7.40. The summed E-state index contributed by atoms with van der Waals surface area (Å²) in [6.45, 7) is 6.75. The number of ether oxygens (including phenoxy) is 1. The molecule has 2 rings (SSSR count). The van der Waals surface area contributed by atoms with E-state index in [1.807, 2.05) is 50.9 Å². The van der Waals surface area contributed by atoms with Crippen LogP contribution in [0.15, 0.2) is 18.2 Å². The Kier molecular flexibility index (Phi) is 7.12. The number of nitrogens with zero attached hydrogens (tertiary/aromatic N) is 1. The molecule has 0 bridgehead atoms. The van der Waals surface area contributed by atoms with Crippen molar-refractivity contribution in [3.05, 3.63) is 29.3 Å². The predicted octanol–water partition coefficient (Wildman–Crippen LogP) is 3.47. The van der Waals surface area contributed by atoms with Crippen LogP contribution in [0.4, 0.5) is 4.79 Å². The van der Waals surface area contributed by atoms with E-state index in [-0.39, 0.29) is 24.8 Å². The van der Waals surface area contributed by atoms with Crippen LogP contribution in [0.3, 0.4) is 0 Å². The molecule has 5 nitrogen and oxygen atoms in total. The highest BCUT2D eigenvalue weighted by Crippen LogP contribution is 2.27. The number of aliphatic hydroxyl groups excluding tert-OH is 1. The summed E-state index contributed by atoms with van der Waals surface area (Å²) >= 11 is 0. The zero-order chi connectivity index (χ0) is 18.4. The average Bonchev–Trinajstić information content (AvgIpc) is 2.59. The van der Waals surface area contributed by atoms with Crippen molar-refractivity contribution in [2.45, 2.75) is 65.1 Å². The number of nitrogens with one attached hydrogen (secondary N) is 1. The summed E-state index contributed by atoms with van der Waals surface area (Å²) in [7, 11) is 1.86. The Hall–Kier alpha value is -1.75. The van der Waals surface area contributed by atoms with E-state index in [9.17, 15) is 9.90 Å². The number of hydrogen-bond donors (Lipinski definition) is 2. The molecule has 1 aromatic rings. The summed E-state index contributed by atoms with van der Waals surface area (Å²) in [5.74, 6) is 1.23. The Morgan fingerprint density at radius 3 is 2.60 bits per heavy atom. The molecule has 5 heteroatoms. The molecular formula is C20H32N2O3. The molecule has 25 heavy (non-hydrogen) atoms. The molecule has 0 saturated heterocycles. The molecule has 0 spiro atoms. The van der Waals surface area contributed by atoms with Gasteiger partial charge in [-0.15, -0.1) is 0 Å². The number of hydrogen-bond acceptors (Lipinski definition) is 3. The van der Waals surface area contributed by atoms with E-state index in [1.54, 1.807) is 0 Å². The van der Waals surface area contributed by atoms with Crippen molar-refractivity contribution >= 4 is 6.03 Å². The van der Waals surface area contributed by atoms with Gasteiger partial charge in [0.15, 0.2) is 0 Å². The van der Waals surface area contributed by atoms with Crippen LogP contribution in [0.1, 0.15) is 50.7 Å².